The van der Waals surface area contributed by atoms with E-state index in [1.165, 1.54) is 0 Å². The molecular formula is C28H33N3O3. The smallest absolute Gasteiger partial charge is 0.227 e. The molecule has 0 aliphatic carbocycles. The molecular weight excluding hydrogens is 426 g/mol. The monoisotopic (exact) mass is 459 g/mol. The minimum Gasteiger partial charge on any atom is -0.494 e. The van der Waals surface area contributed by atoms with Gasteiger partial charge in [-0.15, -0.1) is 0 Å². The van der Waals surface area contributed by atoms with Gasteiger partial charge < -0.3 is 14.2 Å². The Labute approximate surface area is 201 Å². The number of benzene rings is 2. The molecule has 1 aromatic heterocycles. The van der Waals surface area contributed by atoms with Gasteiger partial charge in [-0.2, -0.15) is 0 Å². The zero-order valence-electron chi connectivity index (χ0n) is 20.3. The molecule has 1 amide bonds. The zero-order chi connectivity index (χ0) is 24.1. The maximum Gasteiger partial charge on any atom is 0.227 e. The lowest BCUT2D eigenvalue weighted by atomic mass is 10.1. The molecule has 6 heteroatoms. The lowest BCUT2D eigenvalue weighted by molar-refractivity contribution is -0.132. The first-order chi connectivity index (χ1) is 16.5. The Kier molecular flexibility index (Phi) is 7.48. The van der Waals surface area contributed by atoms with Crippen LogP contribution in [0.3, 0.4) is 0 Å². The Balaban J connectivity index is 1.31. The van der Waals surface area contributed by atoms with Crippen molar-refractivity contribution >= 4 is 11.7 Å². The lowest BCUT2D eigenvalue weighted by Gasteiger charge is -2.34. The highest BCUT2D eigenvalue weighted by Gasteiger charge is 2.24. The van der Waals surface area contributed by atoms with Crippen LogP contribution in [0.4, 0.5) is 0 Å². The van der Waals surface area contributed by atoms with Gasteiger partial charge in [-0.1, -0.05) is 30.3 Å². The van der Waals surface area contributed by atoms with Crippen molar-refractivity contribution in [3.63, 3.8) is 0 Å². The summed E-state index contributed by atoms with van der Waals surface area (Å²) in [6.07, 6.45) is 0.386. The standard InChI is InChI=1S/C28H33N3O3/c1-4-34-25-12-10-23(11-13-25)19-28(33)30-16-14-29(15-17-30)20-27(32)26-18-21(2)31(22(26)3)24-8-6-5-7-9-24/h5-13,18H,4,14-17,19-20H2,1-3H3. The molecule has 2 aromatic carbocycles. The number of aryl methyl sites for hydroxylation is 1. The number of para-hydroxylation sites is 1. The number of hydrogen-bond acceptors (Lipinski definition) is 4. The zero-order valence-corrected chi connectivity index (χ0v) is 20.3. The number of carbonyl (C=O) groups is 2. The predicted molar refractivity (Wildman–Crippen MR) is 134 cm³/mol. The number of piperazine rings is 1. The van der Waals surface area contributed by atoms with Gasteiger partial charge in [0.25, 0.3) is 0 Å². The second-order valence-electron chi connectivity index (χ2n) is 8.79. The number of rotatable bonds is 8. The number of aromatic nitrogens is 1. The van der Waals surface area contributed by atoms with Gasteiger partial charge in [0, 0.05) is 48.8 Å². The van der Waals surface area contributed by atoms with Gasteiger partial charge in [0.1, 0.15) is 5.75 Å². The summed E-state index contributed by atoms with van der Waals surface area (Å²) in [5.41, 5.74) is 4.85. The second-order valence-corrected chi connectivity index (χ2v) is 8.79. The van der Waals surface area contributed by atoms with Crippen LogP contribution >= 0.6 is 0 Å². The van der Waals surface area contributed by atoms with E-state index in [1.807, 2.05) is 74.2 Å². The average molecular weight is 460 g/mol. The second kappa shape index (κ2) is 10.7. The van der Waals surface area contributed by atoms with Crippen LogP contribution in [0.2, 0.25) is 0 Å². The van der Waals surface area contributed by atoms with Crippen molar-refractivity contribution in [2.75, 3.05) is 39.3 Å². The summed E-state index contributed by atoms with van der Waals surface area (Å²) in [7, 11) is 0. The fourth-order valence-electron chi connectivity index (χ4n) is 4.62. The summed E-state index contributed by atoms with van der Waals surface area (Å²) in [4.78, 5) is 29.9. The van der Waals surface area contributed by atoms with Crippen LogP contribution in [0, 0.1) is 13.8 Å². The van der Waals surface area contributed by atoms with Crippen molar-refractivity contribution in [3.8, 4) is 11.4 Å². The first-order valence-electron chi connectivity index (χ1n) is 12.0. The molecule has 0 N–H and O–H groups in total. The third-order valence-corrected chi connectivity index (χ3v) is 6.43. The van der Waals surface area contributed by atoms with Crippen molar-refractivity contribution in [1.82, 2.24) is 14.4 Å². The van der Waals surface area contributed by atoms with E-state index in [0.717, 1.165) is 34.0 Å². The van der Waals surface area contributed by atoms with Crippen LogP contribution in [0.15, 0.2) is 60.7 Å². The van der Waals surface area contributed by atoms with Gasteiger partial charge in [-0.3, -0.25) is 14.5 Å². The van der Waals surface area contributed by atoms with Crippen molar-refractivity contribution in [1.29, 1.82) is 0 Å². The molecule has 1 aliphatic rings. The number of ether oxygens (including phenoxy) is 1. The molecule has 0 saturated carbocycles. The average Bonchev–Trinajstić information content (AvgIpc) is 3.15. The van der Waals surface area contributed by atoms with Crippen molar-refractivity contribution in [2.24, 2.45) is 0 Å². The molecule has 178 valence electrons. The Morgan fingerprint density at radius 1 is 0.912 bits per heavy atom. The Morgan fingerprint density at radius 2 is 1.59 bits per heavy atom. The van der Waals surface area contributed by atoms with E-state index >= 15 is 0 Å². The quantitative estimate of drug-likeness (QED) is 0.477. The van der Waals surface area contributed by atoms with E-state index < -0.39 is 0 Å². The molecule has 6 nitrogen and oxygen atoms in total. The molecule has 0 spiro atoms. The summed E-state index contributed by atoms with van der Waals surface area (Å²) < 4.78 is 7.60. The van der Waals surface area contributed by atoms with Crippen LogP contribution in [-0.4, -0.2) is 65.4 Å². The molecule has 1 fully saturated rings. The Hall–Kier alpha value is -3.38. The highest BCUT2D eigenvalue weighted by molar-refractivity contribution is 5.99. The van der Waals surface area contributed by atoms with E-state index in [4.69, 9.17) is 4.74 Å². The highest BCUT2D eigenvalue weighted by atomic mass is 16.5. The largest absolute Gasteiger partial charge is 0.494 e. The van der Waals surface area contributed by atoms with Crippen LogP contribution in [-0.2, 0) is 11.2 Å². The van der Waals surface area contributed by atoms with E-state index in [0.29, 0.717) is 45.8 Å². The summed E-state index contributed by atoms with van der Waals surface area (Å²) in [6, 6.07) is 19.8. The molecule has 34 heavy (non-hydrogen) atoms. The van der Waals surface area contributed by atoms with Crippen LogP contribution in [0.5, 0.6) is 5.75 Å². The Bertz CT molecular complexity index is 1130. The fourth-order valence-corrected chi connectivity index (χ4v) is 4.62. The number of amides is 1. The normalized spacial score (nSPS) is 14.3. The third-order valence-electron chi connectivity index (χ3n) is 6.43. The highest BCUT2D eigenvalue weighted by Crippen LogP contribution is 2.21. The number of nitrogens with zero attached hydrogens (tertiary/aromatic N) is 3. The summed E-state index contributed by atoms with van der Waals surface area (Å²) in [5, 5.41) is 0. The van der Waals surface area contributed by atoms with Gasteiger partial charge in [0.15, 0.2) is 5.78 Å². The summed E-state index contributed by atoms with van der Waals surface area (Å²) in [6.45, 7) is 9.70. The lowest BCUT2D eigenvalue weighted by Crippen LogP contribution is -2.50. The van der Waals surface area contributed by atoms with Crippen LogP contribution in [0.1, 0.15) is 34.2 Å². The molecule has 3 aromatic rings. The number of Topliss-reactive ketones (excluding diaryl/α,β-unsaturated/α-hetero) is 1. The third kappa shape index (κ3) is 5.39. The molecule has 2 heterocycles. The molecule has 0 unspecified atom stereocenters. The van der Waals surface area contributed by atoms with Gasteiger partial charge >= 0.3 is 0 Å². The van der Waals surface area contributed by atoms with Crippen molar-refractivity contribution in [3.05, 3.63) is 83.2 Å². The summed E-state index contributed by atoms with van der Waals surface area (Å²) >= 11 is 0. The van der Waals surface area contributed by atoms with Crippen LogP contribution in [0.25, 0.3) is 5.69 Å². The molecule has 0 atom stereocenters. The minimum atomic E-state index is 0.126. The van der Waals surface area contributed by atoms with E-state index in [2.05, 4.69) is 21.6 Å². The fraction of sp³-hybridized carbons (Fsp3) is 0.357. The summed E-state index contributed by atoms with van der Waals surface area (Å²) in [5.74, 6) is 1.08. The van der Waals surface area contributed by atoms with Crippen molar-refractivity contribution in [2.45, 2.75) is 27.2 Å². The molecule has 0 bridgehead atoms. The number of carbonyl (C=O) groups excluding carboxylic acids is 2. The minimum absolute atomic E-state index is 0.126. The molecule has 0 radical (unpaired) electrons. The van der Waals surface area contributed by atoms with Crippen molar-refractivity contribution < 1.29 is 14.3 Å². The predicted octanol–water partition coefficient (Wildman–Crippen LogP) is 4.06. The maximum absolute atomic E-state index is 13.1. The van der Waals surface area contributed by atoms with E-state index in [9.17, 15) is 9.59 Å². The van der Waals surface area contributed by atoms with E-state index in [1.54, 1.807) is 0 Å². The van der Waals surface area contributed by atoms with Crippen LogP contribution < -0.4 is 4.74 Å². The van der Waals surface area contributed by atoms with Gasteiger partial charge in [-0.05, 0) is 56.7 Å². The maximum atomic E-state index is 13.1. The first-order valence-corrected chi connectivity index (χ1v) is 12.0. The molecule has 1 aliphatic heterocycles. The SMILES string of the molecule is CCOc1ccc(CC(=O)N2CCN(CC(=O)c3cc(C)n(-c4ccccc4)c3C)CC2)cc1. The van der Waals surface area contributed by atoms with Gasteiger partial charge in [0.05, 0.1) is 19.6 Å². The van der Waals surface area contributed by atoms with E-state index in [-0.39, 0.29) is 11.7 Å². The first kappa shape index (κ1) is 23.8. The Morgan fingerprint density at radius 3 is 2.24 bits per heavy atom. The molecule has 1 saturated heterocycles. The number of ketones is 1. The topological polar surface area (TPSA) is 54.8 Å². The molecule has 4 rings (SSSR count). The number of hydrogen-bond donors (Lipinski definition) is 0. The van der Waals surface area contributed by atoms with Gasteiger partial charge in [0.2, 0.25) is 5.91 Å². The van der Waals surface area contributed by atoms with Gasteiger partial charge in [-0.25, -0.2) is 0 Å².